The minimum absolute atomic E-state index is 0.185. The molecule has 19 heavy (non-hydrogen) atoms. The van der Waals surface area contributed by atoms with Crippen LogP contribution in [0.5, 0.6) is 0 Å². The molecule has 0 spiro atoms. The van der Waals surface area contributed by atoms with E-state index < -0.39 is 29.6 Å². The topological polar surface area (TPSA) is 55.4 Å². The number of hydrogen-bond donors (Lipinski definition) is 1. The Morgan fingerprint density at radius 3 is 2.63 bits per heavy atom. The van der Waals surface area contributed by atoms with Crippen LogP contribution in [0.1, 0.15) is 31.4 Å². The lowest BCUT2D eigenvalue weighted by Crippen LogP contribution is -2.35. The second kappa shape index (κ2) is 6.82. The molecule has 1 N–H and O–H groups in total. The second-order valence-electron chi connectivity index (χ2n) is 3.94. The number of benzene rings is 1. The Balaban J connectivity index is 3.06. The van der Waals surface area contributed by atoms with Crippen molar-refractivity contribution in [3.05, 3.63) is 35.4 Å². The van der Waals surface area contributed by atoms with Gasteiger partial charge in [0.25, 0.3) is 0 Å². The fraction of sp³-hybridized carbons (Fsp3) is 0.385. The van der Waals surface area contributed by atoms with Crippen LogP contribution in [0.4, 0.5) is 8.78 Å². The molecule has 0 radical (unpaired) electrons. The summed E-state index contributed by atoms with van der Waals surface area (Å²) in [7, 11) is 1.11. The summed E-state index contributed by atoms with van der Waals surface area (Å²) in [5.41, 5.74) is -0.253. The summed E-state index contributed by atoms with van der Waals surface area (Å²) in [4.78, 5) is 23.1. The Morgan fingerprint density at radius 2 is 2.05 bits per heavy atom. The molecule has 0 fully saturated rings. The molecule has 0 bridgehead atoms. The van der Waals surface area contributed by atoms with Crippen molar-refractivity contribution >= 4 is 11.9 Å². The van der Waals surface area contributed by atoms with Gasteiger partial charge in [-0.25, -0.2) is 13.6 Å². The lowest BCUT2D eigenvalue weighted by molar-refractivity contribution is -0.145. The van der Waals surface area contributed by atoms with Crippen LogP contribution in [-0.4, -0.2) is 19.0 Å². The molecule has 0 saturated heterocycles. The van der Waals surface area contributed by atoms with Gasteiger partial charge in [0.1, 0.15) is 11.6 Å². The molecule has 1 aromatic rings. The van der Waals surface area contributed by atoms with Crippen LogP contribution in [0.15, 0.2) is 18.2 Å². The maximum atomic E-state index is 13.6. The molecular formula is C13H15F2NO3. The van der Waals surface area contributed by atoms with Gasteiger partial charge >= 0.3 is 5.97 Å². The molecule has 0 saturated carbocycles. The number of carbonyl (C=O) groups excluding carboxylic acids is 2. The van der Waals surface area contributed by atoms with Crippen molar-refractivity contribution in [1.29, 1.82) is 0 Å². The number of hydrogen-bond acceptors (Lipinski definition) is 3. The predicted molar refractivity (Wildman–Crippen MR) is 64.2 cm³/mol. The fourth-order valence-electron chi connectivity index (χ4n) is 1.58. The molecule has 0 aliphatic rings. The summed E-state index contributed by atoms with van der Waals surface area (Å²) < 4.78 is 31.3. The highest BCUT2D eigenvalue weighted by Gasteiger charge is 2.26. The average Bonchev–Trinajstić information content (AvgIpc) is 2.38. The first-order valence-corrected chi connectivity index (χ1v) is 5.81. The van der Waals surface area contributed by atoms with Crippen molar-refractivity contribution in [2.24, 2.45) is 0 Å². The predicted octanol–water partition coefficient (Wildman–Crippen LogP) is 2.10. The van der Waals surface area contributed by atoms with Crippen molar-refractivity contribution in [2.75, 3.05) is 7.11 Å². The molecule has 0 aromatic heterocycles. The third-order valence-electron chi connectivity index (χ3n) is 2.49. The number of nitrogens with one attached hydrogen (secondary N) is 1. The van der Waals surface area contributed by atoms with E-state index in [0.717, 1.165) is 25.3 Å². The zero-order valence-corrected chi connectivity index (χ0v) is 10.7. The third-order valence-corrected chi connectivity index (χ3v) is 2.49. The Morgan fingerprint density at radius 1 is 1.37 bits per heavy atom. The number of ether oxygens (including phenoxy) is 1. The molecule has 4 nitrogen and oxygen atoms in total. The summed E-state index contributed by atoms with van der Waals surface area (Å²) in [6.07, 6.45) is 0.760. The minimum Gasteiger partial charge on any atom is -0.467 e. The molecule has 0 heterocycles. The number of rotatable bonds is 5. The monoisotopic (exact) mass is 271 g/mol. The zero-order chi connectivity index (χ0) is 14.4. The Labute approximate surface area is 109 Å². The summed E-state index contributed by atoms with van der Waals surface area (Å²) >= 11 is 0. The summed E-state index contributed by atoms with van der Waals surface area (Å²) in [6.45, 7) is 1.79. The molecule has 1 rings (SSSR count). The summed E-state index contributed by atoms with van der Waals surface area (Å²) in [5, 5.41) is 2.33. The molecule has 0 aliphatic carbocycles. The first-order valence-electron chi connectivity index (χ1n) is 5.81. The van der Waals surface area contributed by atoms with E-state index in [2.05, 4.69) is 10.1 Å². The maximum absolute atomic E-state index is 13.6. The maximum Gasteiger partial charge on any atom is 0.333 e. The normalized spacial score (nSPS) is 11.8. The number of carbonyl (C=O) groups is 2. The quantitative estimate of drug-likeness (QED) is 0.834. The molecule has 0 aliphatic heterocycles. The van der Waals surface area contributed by atoms with E-state index in [-0.39, 0.29) is 12.0 Å². The zero-order valence-electron chi connectivity index (χ0n) is 10.7. The van der Waals surface area contributed by atoms with E-state index in [1.807, 2.05) is 0 Å². The van der Waals surface area contributed by atoms with Gasteiger partial charge in [-0.2, -0.15) is 0 Å². The van der Waals surface area contributed by atoms with Gasteiger partial charge in [0, 0.05) is 12.0 Å². The van der Waals surface area contributed by atoms with Crippen LogP contribution >= 0.6 is 0 Å². The van der Waals surface area contributed by atoms with Crippen molar-refractivity contribution in [2.45, 2.75) is 25.8 Å². The highest BCUT2D eigenvalue weighted by atomic mass is 19.1. The van der Waals surface area contributed by atoms with E-state index in [9.17, 15) is 18.4 Å². The third kappa shape index (κ3) is 4.01. The van der Waals surface area contributed by atoms with Crippen molar-refractivity contribution in [3.63, 3.8) is 0 Å². The first-order chi connectivity index (χ1) is 8.99. The molecular weight excluding hydrogens is 256 g/mol. The Kier molecular flexibility index (Phi) is 5.41. The van der Waals surface area contributed by atoms with Gasteiger partial charge in [-0.15, -0.1) is 0 Å². The largest absolute Gasteiger partial charge is 0.467 e. The highest BCUT2D eigenvalue weighted by Crippen LogP contribution is 2.20. The fourth-order valence-corrected chi connectivity index (χ4v) is 1.58. The van der Waals surface area contributed by atoms with E-state index in [1.165, 1.54) is 0 Å². The van der Waals surface area contributed by atoms with Gasteiger partial charge < -0.3 is 10.1 Å². The molecule has 1 amide bonds. The van der Waals surface area contributed by atoms with E-state index in [1.54, 1.807) is 6.92 Å². The van der Waals surface area contributed by atoms with E-state index in [4.69, 9.17) is 0 Å². The van der Waals surface area contributed by atoms with Gasteiger partial charge in [0.05, 0.1) is 7.11 Å². The Bertz CT molecular complexity index is 477. The van der Waals surface area contributed by atoms with Gasteiger partial charge in [-0.3, -0.25) is 4.79 Å². The summed E-state index contributed by atoms with van der Waals surface area (Å²) in [5.74, 6) is -2.76. The van der Waals surface area contributed by atoms with E-state index in [0.29, 0.717) is 6.42 Å². The SMILES string of the molecule is CCCC(=O)N[C@@H](C(=O)OC)c1cc(F)ccc1F. The van der Waals surface area contributed by atoms with Crippen molar-refractivity contribution in [1.82, 2.24) is 5.32 Å². The minimum atomic E-state index is -1.35. The Hall–Kier alpha value is -1.98. The highest BCUT2D eigenvalue weighted by molar-refractivity contribution is 5.85. The van der Waals surface area contributed by atoms with Gasteiger partial charge in [0.15, 0.2) is 6.04 Å². The lowest BCUT2D eigenvalue weighted by atomic mass is 10.1. The van der Waals surface area contributed by atoms with Crippen molar-refractivity contribution in [3.8, 4) is 0 Å². The van der Waals surface area contributed by atoms with Crippen LogP contribution in [0.2, 0.25) is 0 Å². The molecule has 104 valence electrons. The van der Waals surface area contributed by atoms with Gasteiger partial charge in [-0.1, -0.05) is 6.92 Å². The van der Waals surface area contributed by atoms with E-state index >= 15 is 0 Å². The number of amides is 1. The van der Waals surface area contributed by atoms with Gasteiger partial charge in [-0.05, 0) is 24.6 Å². The summed E-state index contributed by atoms with van der Waals surface area (Å²) in [6, 6.07) is 1.34. The molecule has 0 unspecified atom stereocenters. The average molecular weight is 271 g/mol. The van der Waals surface area contributed by atoms with Crippen LogP contribution in [0.25, 0.3) is 0 Å². The number of halogens is 2. The smallest absolute Gasteiger partial charge is 0.333 e. The van der Waals surface area contributed by atoms with Gasteiger partial charge in [0.2, 0.25) is 5.91 Å². The van der Waals surface area contributed by atoms with Crippen LogP contribution in [-0.2, 0) is 14.3 Å². The molecule has 6 heteroatoms. The standard InChI is InChI=1S/C13H15F2NO3/c1-3-4-11(17)16-12(13(18)19-2)9-7-8(14)5-6-10(9)15/h5-7,12H,3-4H2,1-2H3,(H,16,17)/t12-/m1/s1. The lowest BCUT2D eigenvalue weighted by Gasteiger charge is -2.17. The van der Waals surface area contributed by atoms with Crippen LogP contribution in [0, 0.1) is 11.6 Å². The number of methoxy groups -OCH3 is 1. The van der Waals surface area contributed by atoms with Crippen LogP contribution < -0.4 is 5.32 Å². The molecule has 1 atom stereocenters. The molecule has 1 aromatic carbocycles. The van der Waals surface area contributed by atoms with Crippen LogP contribution in [0.3, 0.4) is 0 Å². The number of esters is 1. The van der Waals surface area contributed by atoms with Crippen molar-refractivity contribution < 1.29 is 23.1 Å². The first kappa shape index (κ1) is 15.1. The second-order valence-corrected chi connectivity index (χ2v) is 3.94.